The van der Waals surface area contributed by atoms with Gasteiger partial charge in [0, 0.05) is 41.1 Å². The number of carbonyl (C=O) groups excluding carboxylic acids is 9. The molecule has 35 heteroatoms. The van der Waals surface area contributed by atoms with Crippen LogP contribution in [0.2, 0.25) is 0 Å². The summed E-state index contributed by atoms with van der Waals surface area (Å²) in [4.78, 5) is 167. The number of hydrogen-bond acceptors (Lipinski definition) is 29. The highest BCUT2D eigenvalue weighted by Gasteiger charge is 2.43. The monoisotopic (exact) mass is 2060 g/mol. The van der Waals surface area contributed by atoms with Gasteiger partial charge in [-0.05, 0) is 319 Å². The van der Waals surface area contributed by atoms with Crippen LogP contribution in [-0.4, -0.2) is 120 Å². The average molecular weight is 2060 g/mol. The second kappa shape index (κ2) is 48.4. The lowest BCUT2D eigenvalue weighted by Gasteiger charge is -2.34. The largest absolute Gasteiger partial charge is 0.474 e. The molecule has 1 saturated heterocycles. The van der Waals surface area contributed by atoms with E-state index in [1.807, 2.05) is 82.1 Å². The number of anilines is 8. The number of pyridine rings is 5. The van der Waals surface area contributed by atoms with Gasteiger partial charge in [0.1, 0.15) is 17.5 Å². The zero-order valence-corrected chi connectivity index (χ0v) is 87.9. The number of ketones is 4. The molecule has 4 unspecified atom stereocenters. The van der Waals surface area contributed by atoms with Crippen LogP contribution in [0.25, 0.3) is 51.1 Å². The van der Waals surface area contributed by atoms with Crippen molar-refractivity contribution < 1.29 is 53.1 Å². The molecule has 10 aromatic heterocycles. The highest BCUT2D eigenvalue weighted by atomic mass is 32.1. The number of nitrogens with two attached hydrogens (primary N) is 3. The highest BCUT2D eigenvalue weighted by Crippen LogP contribution is 2.48. The third-order valence-corrected chi connectivity index (χ3v) is 32.8. The van der Waals surface area contributed by atoms with Crippen LogP contribution in [0.15, 0.2) is 180 Å². The highest BCUT2D eigenvalue weighted by molar-refractivity contribution is 7.18. The van der Waals surface area contributed by atoms with Gasteiger partial charge in [-0.2, -0.15) is 0 Å². The number of nitrogen functional groups attached to an aromatic ring is 3. The summed E-state index contributed by atoms with van der Waals surface area (Å²) in [5.74, 6) is -3.78. The maximum absolute atomic E-state index is 13.2. The summed E-state index contributed by atoms with van der Waals surface area (Å²) >= 11 is 8.13. The summed E-state index contributed by atoms with van der Waals surface area (Å²) in [5, 5.41) is 25.0. The Balaban J connectivity index is 0.000000134. The maximum atomic E-state index is 13.2. The predicted octanol–water partition coefficient (Wildman–Crippen LogP) is 22.0. The fraction of sp³-hybridized carbons (Fsp3) is 0.369. The molecule has 11 heterocycles. The van der Waals surface area contributed by atoms with E-state index in [4.69, 9.17) is 22.3 Å². The number of benzene rings is 5. The Morgan fingerprint density at radius 1 is 0.295 bits per heavy atom. The van der Waals surface area contributed by atoms with Crippen LogP contribution in [0.1, 0.15) is 221 Å². The molecule has 0 radical (unpaired) electrons. The van der Waals surface area contributed by atoms with E-state index in [1.165, 1.54) is 47.9 Å². The lowest BCUT2D eigenvalue weighted by atomic mass is 9.70. The van der Waals surface area contributed by atoms with Gasteiger partial charge >= 0.3 is 11.9 Å². The van der Waals surface area contributed by atoms with Crippen molar-refractivity contribution in [1.29, 1.82) is 0 Å². The molecule has 0 spiro atoms. The second-order valence-corrected chi connectivity index (χ2v) is 44.1. The van der Waals surface area contributed by atoms with E-state index in [1.54, 1.807) is 87.1 Å². The average Bonchev–Trinajstić information content (AvgIpc) is 1.34. The van der Waals surface area contributed by atoms with E-state index >= 15 is 0 Å². The number of carboxylic acids is 1. The minimum Gasteiger partial charge on any atom is -0.474 e. The summed E-state index contributed by atoms with van der Waals surface area (Å²) in [6, 6.07) is 40.8. The van der Waals surface area contributed by atoms with Gasteiger partial charge in [0.25, 0.3) is 23.6 Å². The van der Waals surface area contributed by atoms with Gasteiger partial charge in [-0.15, -0.1) is 56.7 Å². The number of amides is 5. The smallest absolute Gasteiger partial charge is 0.394 e. The molecule has 1 aliphatic heterocycles. The number of aryl methyl sites for hydroxylation is 7. The first-order chi connectivity index (χ1) is 70.0. The van der Waals surface area contributed by atoms with Crippen molar-refractivity contribution in [3.63, 3.8) is 0 Å². The molecule has 14 atom stereocenters. The molecule has 758 valence electrons. The SMILES string of the molecule is C[C@@H]1CC[C@@H](c2ccc3scnc3c2)NC1.Cc1cc(NC(=O)C(=O)C2C[C@@H](C)CC[C@@H]2c2ccc3scnc3c2)cnc1N.Cc1cc(NC(=O)C(=O)C2C[C@H](C)CC[C@H]2c2ccc3scnc3c2)cnc1C.Cc1cc(NC(=O)C(=O)C2C[C@H](C)CC[C@H]2c2ccc3scnc3c2)cnc1N.Cc1cc(NC(=O)C(=O)C2C[C@H](C)CC[C@H]2c2ccc3scnc3c2)cnc1N.Cc1cc(NC(=O)C(=O)O)cnc1C. The minimum atomic E-state index is -1.51. The molecule has 15 aromatic rings. The lowest BCUT2D eigenvalue weighted by molar-refractivity contribution is -0.147. The van der Waals surface area contributed by atoms with E-state index < -0.39 is 35.5 Å². The van der Waals surface area contributed by atoms with Crippen LogP contribution in [0.3, 0.4) is 0 Å². The first-order valence-corrected chi connectivity index (χ1v) is 53.8. The number of hydrogen-bond donors (Lipinski definition) is 10. The molecule has 5 fully saturated rings. The Morgan fingerprint density at radius 2 is 0.534 bits per heavy atom. The number of Topliss-reactive ketones (excluding diaryl/α,β-unsaturated/α-hetero) is 4. The first kappa shape index (κ1) is 106. The predicted molar refractivity (Wildman–Crippen MR) is 583 cm³/mol. The number of carboxylic acid groups (broad SMARTS) is 1. The van der Waals surface area contributed by atoms with E-state index in [0.29, 0.717) is 94.9 Å². The zero-order valence-electron chi connectivity index (χ0n) is 83.8. The summed E-state index contributed by atoms with van der Waals surface area (Å²) in [5.41, 5.74) is 45.5. The summed E-state index contributed by atoms with van der Waals surface area (Å²) in [6.45, 7) is 25.0. The van der Waals surface area contributed by atoms with Gasteiger partial charge in [-0.3, -0.25) is 53.1 Å². The Hall–Kier alpha value is -13.8. The number of nitrogens with one attached hydrogen (secondary N) is 6. The number of aromatic nitrogens is 10. The van der Waals surface area contributed by atoms with Crippen LogP contribution in [0.4, 0.5) is 45.9 Å². The van der Waals surface area contributed by atoms with E-state index in [0.717, 1.165) is 178 Å². The minimum absolute atomic E-state index is 0.0295. The normalized spacial score (nSPS) is 21.1. The standard InChI is InChI=1S/C23H25N3O2S.3C22H24N4O2S.C13H16N2S.C9H10N2O3/c1-13-4-6-18(16-5-7-21-20(10-16)25-12-29-21)19(8-13)22(27)23(28)26-17-9-14(2)15(3)24-11-17;3*1-12-3-5-16(14-4-6-19-18(9-14)25-11-29-19)17(7-12)20(27)22(28)26-15-8-13(2)21(23)24-10-15;1-9-2-4-11(14-7-9)10-3-5-13-12(6-10)15-8-16-13;1-5-3-7(4-10-6(5)2)11-8(12)9(13)14/h5,7,9-13,18-19H,4,6,8H2,1-3H3,(H,26,28);3*4,6,8-12,16-17H,3,5,7H2,1-2H3,(H2,23,24)(H,26,28);3,5-6,8-9,11,14H,2,4,7H2,1H3;3-4H,1-2H3,(H,11,12)(H,13,14)/t13-,18+,19?;3*12-,16+,17?;9-,11+;/m11101./s1. The number of nitrogens with zero attached hydrogens (tertiary/aromatic N) is 10. The van der Waals surface area contributed by atoms with Gasteiger partial charge < -0.3 is 54.2 Å². The fourth-order valence-electron chi connectivity index (χ4n) is 20.1. The van der Waals surface area contributed by atoms with Gasteiger partial charge in [0.2, 0.25) is 23.1 Å². The van der Waals surface area contributed by atoms with Crippen LogP contribution in [0, 0.1) is 102 Å². The van der Waals surface area contributed by atoms with Crippen LogP contribution in [-0.2, 0) is 47.9 Å². The van der Waals surface area contributed by atoms with E-state index in [2.05, 4.69) is 207 Å². The van der Waals surface area contributed by atoms with Crippen molar-refractivity contribution in [2.45, 2.75) is 203 Å². The molecule has 30 nitrogen and oxygen atoms in total. The number of piperidine rings is 1. The Bertz CT molecular complexity index is 6650. The molecule has 4 aliphatic carbocycles. The fourth-order valence-corrected chi connectivity index (χ4v) is 23.4. The van der Waals surface area contributed by atoms with Gasteiger partial charge in [0.15, 0.2) is 0 Å². The van der Waals surface area contributed by atoms with Crippen molar-refractivity contribution in [2.75, 3.05) is 50.3 Å². The zero-order chi connectivity index (χ0) is 104. The molecule has 5 aliphatic rings. The van der Waals surface area contributed by atoms with Crippen molar-refractivity contribution >= 4 is 212 Å². The molecule has 5 amide bonds. The molecule has 0 bridgehead atoms. The third-order valence-electron chi connectivity index (χ3n) is 28.8. The number of rotatable bonds is 18. The lowest BCUT2D eigenvalue weighted by Crippen LogP contribution is -2.36. The molecule has 5 aromatic carbocycles. The van der Waals surface area contributed by atoms with E-state index in [-0.39, 0.29) is 70.5 Å². The van der Waals surface area contributed by atoms with Crippen molar-refractivity contribution in [3.8, 4) is 0 Å². The quantitative estimate of drug-likeness (QED) is 0.0357. The molecule has 146 heavy (non-hydrogen) atoms. The van der Waals surface area contributed by atoms with Crippen molar-refractivity contribution in [1.82, 2.24) is 55.2 Å². The number of aliphatic carboxylic acids is 1. The summed E-state index contributed by atoms with van der Waals surface area (Å²) in [6.07, 6.45) is 20.7. The Kier molecular flexibility index (Phi) is 35.3. The molecule has 4 saturated carbocycles. The second-order valence-electron chi connectivity index (χ2n) is 39.6. The van der Waals surface area contributed by atoms with Gasteiger partial charge in [-0.25, -0.2) is 44.7 Å². The Morgan fingerprint density at radius 3 is 0.781 bits per heavy atom. The van der Waals surface area contributed by atoms with E-state index in [9.17, 15) is 47.9 Å². The third kappa shape index (κ3) is 26.9. The Labute approximate surface area is 867 Å². The summed E-state index contributed by atoms with van der Waals surface area (Å²) in [7, 11) is 0. The number of thiazole rings is 5. The molecule has 20 rings (SSSR count). The van der Waals surface area contributed by atoms with Gasteiger partial charge in [0.05, 0.1) is 138 Å². The van der Waals surface area contributed by atoms with Crippen LogP contribution < -0.4 is 49.1 Å². The van der Waals surface area contributed by atoms with Gasteiger partial charge in [-0.1, -0.05) is 90.6 Å². The van der Waals surface area contributed by atoms with Crippen LogP contribution in [0.5, 0.6) is 0 Å². The topological polar surface area (TPSA) is 470 Å². The first-order valence-electron chi connectivity index (χ1n) is 49.4. The van der Waals surface area contributed by atoms with Crippen molar-refractivity contribution in [2.24, 2.45) is 53.3 Å². The van der Waals surface area contributed by atoms with Crippen LogP contribution >= 0.6 is 56.7 Å². The molecular weight excluding hydrogens is 1940 g/mol. The number of carbonyl (C=O) groups is 10. The molecular formula is C111H123N19O11S5. The van der Waals surface area contributed by atoms with Crippen molar-refractivity contribution in [3.05, 3.63) is 247 Å². The maximum Gasteiger partial charge on any atom is 0.394 e. The molecule has 13 N–H and O–H groups in total. The number of fused-ring (bicyclic) bond motifs is 5. The summed E-state index contributed by atoms with van der Waals surface area (Å²) < 4.78 is 5.81.